The zero-order valence-electron chi connectivity index (χ0n) is 11.7. The Kier molecular flexibility index (Phi) is 5.70. The summed E-state index contributed by atoms with van der Waals surface area (Å²) in [7, 11) is 0. The molecule has 0 aliphatic carbocycles. The van der Waals surface area contributed by atoms with Crippen molar-refractivity contribution >= 4 is 40.2 Å². The first-order chi connectivity index (χ1) is 8.19. The van der Waals surface area contributed by atoms with E-state index in [0.717, 1.165) is 27.3 Å². The molecule has 0 bridgehead atoms. The largest absolute Gasteiger partial charge is 0.383 e. The summed E-state index contributed by atoms with van der Waals surface area (Å²) in [6.45, 7) is 11.0. The fraction of sp³-hybridized carbons (Fsp3) is 0.692. The van der Waals surface area contributed by atoms with Crippen LogP contribution in [0.1, 0.15) is 46.1 Å². The van der Waals surface area contributed by atoms with Crippen molar-refractivity contribution in [1.82, 2.24) is 9.97 Å². The summed E-state index contributed by atoms with van der Waals surface area (Å²) in [6.07, 6.45) is 0.957. The van der Waals surface area contributed by atoms with Crippen LogP contribution in [0, 0.1) is 9.49 Å². The number of thioether (sulfide) groups is 1. The quantitative estimate of drug-likeness (QED) is 0.807. The minimum atomic E-state index is 0.222. The zero-order chi connectivity index (χ0) is 13.9. The Labute approximate surface area is 128 Å². The van der Waals surface area contributed by atoms with Gasteiger partial charge in [-0.2, -0.15) is 0 Å². The van der Waals surface area contributed by atoms with Crippen molar-refractivity contribution in [3.8, 4) is 0 Å². The summed E-state index contributed by atoms with van der Waals surface area (Å²) in [5, 5.41) is 0. The van der Waals surface area contributed by atoms with Crippen molar-refractivity contribution < 1.29 is 0 Å². The lowest BCUT2D eigenvalue weighted by molar-refractivity contribution is 0.629. The van der Waals surface area contributed by atoms with Crippen LogP contribution < -0.4 is 5.73 Å². The van der Waals surface area contributed by atoms with Crippen LogP contribution in [-0.4, -0.2) is 14.7 Å². The van der Waals surface area contributed by atoms with Gasteiger partial charge in [-0.1, -0.05) is 34.6 Å². The van der Waals surface area contributed by atoms with Crippen LogP contribution in [0.2, 0.25) is 0 Å². The van der Waals surface area contributed by atoms with Gasteiger partial charge in [0.05, 0.1) is 15.0 Å². The van der Waals surface area contributed by atoms with Gasteiger partial charge in [-0.25, -0.2) is 9.97 Å². The van der Waals surface area contributed by atoms with Crippen molar-refractivity contribution in [2.75, 3.05) is 5.73 Å². The summed E-state index contributed by atoms with van der Waals surface area (Å²) in [4.78, 5) is 9.04. The van der Waals surface area contributed by atoms with Gasteiger partial charge in [-0.3, -0.25) is 0 Å². The zero-order valence-corrected chi connectivity index (χ0v) is 14.7. The summed E-state index contributed by atoms with van der Waals surface area (Å²) >= 11 is 4.09. The molecule has 18 heavy (non-hydrogen) atoms. The highest BCUT2D eigenvalue weighted by atomic mass is 127. The van der Waals surface area contributed by atoms with Crippen LogP contribution in [0.25, 0.3) is 0 Å². The maximum Gasteiger partial charge on any atom is 0.140 e. The van der Waals surface area contributed by atoms with E-state index in [0.29, 0.717) is 11.7 Å². The van der Waals surface area contributed by atoms with Crippen LogP contribution in [0.15, 0.2) is 0 Å². The van der Waals surface area contributed by atoms with Gasteiger partial charge in [-0.05, 0) is 34.9 Å². The lowest BCUT2D eigenvalue weighted by atomic mass is 10.1. The smallest absolute Gasteiger partial charge is 0.140 e. The molecule has 0 aromatic carbocycles. The van der Waals surface area contributed by atoms with Gasteiger partial charge in [0.15, 0.2) is 0 Å². The van der Waals surface area contributed by atoms with Crippen molar-refractivity contribution in [1.29, 1.82) is 0 Å². The van der Waals surface area contributed by atoms with Gasteiger partial charge in [0.1, 0.15) is 11.6 Å². The molecule has 0 aliphatic heterocycles. The molecule has 1 aromatic rings. The second kappa shape index (κ2) is 6.41. The Bertz CT molecular complexity index is 413. The van der Waals surface area contributed by atoms with Gasteiger partial charge >= 0.3 is 0 Å². The SMILES string of the molecule is CC(C)Cc1nc(CSC(C)(C)C)nc(N)c1I. The van der Waals surface area contributed by atoms with Crippen molar-refractivity contribution in [2.24, 2.45) is 5.92 Å². The Balaban J connectivity index is 2.90. The summed E-state index contributed by atoms with van der Waals surface area (Å²) in [6, 6.07) is 0. The van der Waals surface area contributed by atoms with E-state index >= 15 is 0 Å². The highest BCUT2D eigenvalue weighted by Gasteiger charge is 2.15. The number of aromatic nitrogens is 2. The van der Waals surface area contributed by atoms with Crippen molar-refractivity contribution in [3.63, 3.8) is 0 Å². The third-order valence-corrected chi connectivity index (χ3v) is 4.67. The monoisotopic (exact) mass is 379 g/mol. The highest BCUT2D eigenvalue weighted by molar-refractivity contribution is 14.1. The molecule has 3 nitrogen and oxygen atoms in total. The maximum absolute atomic E-state index is 5.97. The molecule has 102 valence electrons. The van der Waals surface area contributed by atoms with Gasteiger partial charge in [-0.15, -0.1) is 11.8 Å². The van der Waals surface area contributed by atoms with E-state index in [1.54, 1.807) is 0 Å². The number of nitrogens with zero attached hydrogens (tertiary/aromatic N) is 2. The van der Waals surface area contributed by atoms with E-state index in [1.165, 1.54) is 0 Å². The fourth-order valence-electron chi connectivity index (χ4n) is 1.43. The third-order valence-electron chi connectivity index (χ3n) is 2.23. The lowest BCUT2D eigenvalue weighted by Gasteiger charge is -2.17. The molecular weight excluding hydrogens is 357 g/mol. The third kappa shape index (κ3) is 5.30. The topological polar surface area (TPSA) is 51.8 Å². The van der Waals surface area contributed by atoms with Gasteiger partial charge in [0.25, 0.3) is 0 Å². The van der Waals surface area contributed by atoms with E-state index in [4.69, 9.17) is 5.73 Å². The Morgan fingerprint density at radius 2 is 1.89 bits per heavy atom. The molecule has 0 radical (unpaired) electrons. The molecule has 0 aliphatic rings. The highest BCUT2D eigenvalue weighted by Crippen LogP contribution is 2.27. The molecule has 5 heteroatoms. The second-order valence-electron chi connectivity index (χ2n) is 5.78. The van der Waals surface area contributed by atoms with E-state index in [1.807, 2.05) is 11.8 Å². The number of rotatable bonds is 4. The first-order valence-corrected chi connectivity index (χ1v) is 8.20. The molecule has 1 aromatic heterocycles. The predicted octanol–water partition coefficient (Wildman–Crippen LogP) is 3.89. The molecule has 0 amide bonds. The van der Waals surface area contributed by atoms with Gasteiger partial charge in [0.2, 0.25) is 0 Å². The number of halogens is 1. The van der Waals surface area contributed by atoms with Crippen LogP contribution in [-0.2, 0) is 12.2 Å². The lowest BCUT2D eigenvalue weighted by Crippen LogP contribution is -2.12. The minimum absolute atomic E-state index is 0.222. The van der Waals surface area contributed by atoms with Crippen molar-refractivity contribution in [2.45, 2.75) is 51.5 Å². The standard InChI is InChI=1S/C13H22IN3S/c1-8(2)6-9-11(14)12(15)17-10(16-9)7-18-13(3,4)5/h8H,6-7H2,1-5H3,(H2,15,16,17). The van der Waals surface area contributed by atoms with E-state index in [2.05, 4.69) is 67.2 Å². The predicted molar refractivity (Wildman–Crippen MR) is 88.8 cm³/mol. The minimum Gasteiger partial charge on any atom is -0.383 e. The summed E-state index contributed by atoms with van der Waals surface area (Å²) < 4.78 is 1.23. The van der Waals surface area contributed by atoms with E-state index < -0.39 is 0 Å². The molecule has 0 spiro atoms. The number of hydrogen-bond acceptors (Lipinski definition) is 4. The molecule has 0 fully saturated rings. The molecular formula is C13H22IN3S. The molecule has 0 saturated carbocycles. The first kappa shape index (κ1) is 16.0. The summed E-state index contributed by atoms with van der Waals surface area (Å²) in [5.41, 5.74) is 7.05. The van der Waals surface area contributed by atoms with Gasteiger partial charge in [0, 0.05) is 4.75 Å². The molecule has 2 N–H and O–H groups in total. The molecule has 1 rings (SSSR count). The van der Waals surface area contributed by atoms with Crippen LogP contribution in [0.5, 0.6) is 0 Å². The van der Waals surface area contributed by atoms with E-state index in [-0.39, 0.29) is 4.75 Å². The number of nitrogens with two attached hydrogens (primary N) is 1. The number of hydrogen-bond donors (Lipinski definition) is 1. The van der Waals surface area contributed by atoms with Crippen LogP contribution in [0.4, 0.5) is 5.82 Å². The second-order valence-corrected chi connectivity index (χ2v) is 8.67. The number of anilines is 1. The molecule has 0 saturated heterocycles. The Morgan fingerprint density at radius 3 is 2.39 bits per heavy atom. The summed E-state index contributed by atoms with van der Waals surface area (Å²) in [5.74, 6) is 2.86. The average molecular weight is 379 g/mol. The molecule has 0 unspecified atom stereocenters. The normalized spacial score (nSPS) is 12.2. The first-order valence-electron chi connectivity index (χ1n) is 6.13. The van der Waals surface area contributed by atoms with Crippen molar-refractivity contribution in [3.05, 3.63) is 15.1 Å². The average Bonchev–Trinajstić information content (AvgIpc) is 2.20. The maximum atomic E-state index is 5.97. The van der Waals surface area contributed by atoms with Crippen LogP contribution in [0.3, 0.4) is 0 Å². The Hall–Kier alpha value is -0.0400. The fourth-order valence-corrected chi connectivity index (χ4v) is 2.59. The van der Waals surface area contributed by atoms with Gasteiger partial charge < -0.3 is 5.73 Å². The number of nitrogen functional groups attached to an aromatic ring is 1. The molecule has 0 atom stereocenters. The van der Waals surface area contributed by atoms with E-state index in [9.17, 15) is 0 Å². The Morgan fingerprint density at radius 1 is 1.28 bits per heavy atom. The van der Waals surface area contributed by atoms with Crippen LogP contribution >= 0.6 is 34.4 Å². The molecule has 1 heterocycles.